The summed E-state index contributed by atoms with van der Waals surface area (Å²) in [5.41, 5.74) is -0.245. The highest BCUT2D eigenvalue weighted by Crippen LogP contribution is 2.19. The fourth-order valence-electron chi connectivity index (χ4n) is 2.31. The van der Waals surface area contributed by atoms with Crippen LogP contribution in [-0.2, 0) is 10.0 Å². The lowest BCUT2D eigenvalue weighted by atomic mass is 10.1. The molecule has 0 aliphatic rings. The number of hydrogen-bond donors (Lipinski definition) is 1. The molecule has 0 saturated carbocycles. The summed E-state index contributed by atoms with van der Waals surface area (Å²) in [6, 6.07) is 3.26. The highest BCUT2D eigenvalue weighted by atomic mass is 32.2. The van der Waals surface area contributed by atoms with Gasteiger partial charge in [-0.05, 0) is 31.0 Å². The Labute approximate surface area is 137 Å². The van der Waals surface area contributed by atoms with E-state index < -0.39 is 21.7 Å². The second-order valence-electron chi connectivity index (χ2n) is 5.22. The van der Waals surface area contributed by atoms with Crippen LogP contribution in [0.2, 0.25) is 0 Å². The maximum absolute atomic E-state index is 14.0. The molecule has 0 spiro atoms. The first-order valence-corrected chi connectivity index (χ1v) is 9.36. The van der Waals surface area contributed by atoms with Crippen molar-refractivity contribution < 1.29 is 17.6 Å². The number of benzene rings is 1. The molecule has 0 fully saturated rings. The SMILES string of the molecule is CCC(CC)NC(=O)c1cc(S(=O)(=O)N(CC)CC)ccc1F. The highest BCUT2D eigenvalue weighted by molar-refractivity contribution is 7.89. The van der Waals surface area contributed by atoms with Crippen molar-refractivity contribution in [3.8, 4) is 0 Å². The predicted molar refractivity (Wildman–Crippen MR) is 88.3 cm³/mol. The molecule has 130 valence electrons. The van der Waals surface area contributed by atoms with E-state index in [-0.39, 0.29) is 16.5 Å². The monoisotopic (exact) mass is 344 g/mol. The Hall–Kier alpha value is -1.47. The smallest absolute Gasteiger partial charge is 0.254 e. The minimum atomic E-state index is -3.73. The van der Waals surface area contributed by atoms with Crippen LogP contribution in [0.15, 0.2) is 23.1 Å². The third-order valence-electron chi connectivity index (χ3n) is 3.85. The van der Waals surface area contributed by atoms with Crippen LogP contribution in [0.4, 0.5) is 4.39 Å². The lowest BCUT2D eigenvalue weighted by molar-refractivity contribution is 0.0930. The van der Waals surface area contributed by atoms with Crippen LogP contribution in [-0.4, -0.2) is 37.8 Å². The van der Waals surface area contributed by atoms with Gasteiger partial charge in [0.2, 0.25) is 10.0 Å². The van der Waals surface area contributed by atoms with Crippen molar-refractivity contribution in [2.24, 2.45) is 0 Å². The summed E-state index contributed by atoms with van der Waals surface area (Å²) in [5.74, 6) is -1.32. The van der Waals surface area contributed by atoms with Gasteiger partial charge in [0, 0.05) is 19.1 Å². The van der Waals surface area contributed by atoms with E-state index in [2.05, 4.69) is 5.32 Å². The third-order valence-corrected chi connectivity index (χ3v) is 5.89. The normalized spacial score (nSPS) is 12.0. The number of hydrogen-bond acceptors (Lipinski definition) is 3. The van der Waals surface area contributed by atoms with E-state index in [1.165, 1.54) is 10.4 Å². The maximum atomic E-state index is 14.0. The van der Waals surface area contributed by atoms with Crippen LogP contribution in [0, 0.1) is 5.82 Å². The van der Waals surface area contributed by atoms with Crippen LogP contribution in [0.25, 0.3) is 0 Å². The molecule has 0 bridgehead atoms. The van der Waals surface area contributed by atoms with Crippen LogP contribution in [0.5, 0.6) is 0 Å². The zero-order valence-corrected chi connectivity index (χ0v) is 14.9. The highest BCUT2D eigenvalue weighted by Gasteiger charge is 2.24. The van der Waals surface area contributed by atoms with E-state index >= 15 is 0 Å². The number of amides is 1. The average Bonchev–Trinajstić information content (AvgIpc) is 2.53. The first kappa shape index (κ1) is 19.6. The van der Waals surface area contributed by atoms with Crippen LogP contribution in [0.3, 0.4) is 0 Å². The fourth-order valence-corrected chi connectivity index (χ4v) is 3.79. The number of nitrogens with one attached hydrogen (secondary N) is 1. The number of carbonyl (C=O) groups excluding carboxylic acids is 1. The summed E-state index contributed by atoms with van der Waals surface area (Å²) in [7, 11) is -3.73. The number of nitrogens with zero attached hydrogens (tertiary/aromatic N) is 1. The average molecular weight is 344 g/mol. The molecule has 0 aromatic heterocycles. The quantitative estimate of drug-likeness (QED) is 0.788. The standard InChI is InChI=1S/C16H25FN2O3S/c1-5-12(6-2)18-16(20)14-11-13(9-10-15(14)17)23(21,22)19(7-3)8-4/h9-12H,5-8H2,1-4H3,(H,18,20). The Kier molecular flexibility index (Phi) is 7.15. The molecular weight excluding hydrogens is 319 g/mol. The van der Waals surface area contributed by atoms with Crippen molar-refractivity contribution in [1.82, 2.24) is 9.62 Å². The van der Waals surface area contributed by atoms with E-state index in [0.717, 1.165) is 25.0 Å². The van der Waals surface area contributed by atoms with E-state index in [1.807, 2.05) is 13.8 Å². The van der Waals surface area contributed by atoms with Gasteiger partial charge in [-0.3, -0.25) is 4.79 Å². The Balaban J connectivity index is 3.20. The second-order valence-corrected chi connectivity index (χ2v) is 7.16. The summed E-state index contributed by atoms with van der Waals surface area (Å²) in [6.07, 6.45) is 1.45. The van der Waals surface area contributed by atoms with Crippen molar-refractivity contribution in [2.45, 2.75) is 51.5 Å². The molecule has 0 aliphatic heterocycles. The summed E-state index contributed by atoms with van der Waals surface area (Å²) in [6.45, 7) is 7.92. The summed E-state index contributed by atoms with van der Waals surface area (Å²) < 4.78 is 40.2. The molecule has 7 heteroatoms. The molecule has 1 aromatic carbocycles. The first-order chi connectivity index (χ1) is 10.8. The van der Waals surface area contributed by atoms with Gasteiger partial charge in [-0.1, -0.05) is 27.7 Å². The first-order valence-electron chi connectivity index (χ1n) is 7.92. The molecule has 1 aromatic rings. The van der Waals surface area contributed by atoms with E-state index in [1.54, 1.807) is 13.8 Å². The van der Waals surface area contributed by atoms with Gasteiger partial charge in [0.25, 0.3) is 5.91 Å². The van der Waals surface area contributed by atoms with Crippen molar-refractivity contribution in [1.29, 1.82) is 0 Å². The fraction of sp³-hybridized carbons (Fsp3) is 0.562. The van der Waals surface area contributed by atoms with Crippen LogP contribution >= 0.6 is 0 Å². The van der Waals surface area contributed by atoms with Crippen LogP contribution < -0.4 is 5.32 Å². The van der Waals surface area contributed by atoms with Gasteiger partial charge in [0.15, 0.2) is 0 Å². The van der Waals surface area contributed by atoms with Crippen LogP contribution in [0.1, 0.15) is 50.9 Å². The minimum absolute atomic E-state index is 0.0649. The molecule has 1 rings (SSSR count). The molecule has 0 unspecified atom stereocenters. The zero-order chi connectivity index (χ0) is 17.6. The van der Waals surface area contributed by atoms with Gasteiger partial charge < -0.3 is 5.32 Å². The Morgan fingerprint density at radius 3 is 2.22 bits per heavy atom. The van der Waals surface area contributed by atoms with Gasteiger partial charge in [0.1, 0.15) is 5.82 Å². The Bertz CT molecular complexity index is 639. The topological polar surface area (TPSA) is 66.5 Å². The van der Waals surface area contributed by atoms with Crippen molar-refractivity contribution in [3.05, 3.63) is 29.6 Å². The Morgan fingerprint density at radius 2 is 1.74 bits per heavy atom. The molecule has 0 saturated heterocycles. The van der Waals surface area contributed by atoms with Gasteiger partial charge in [-0.15, -0.1) is 0 Å². The molecule has 0 radical (unpaired) electrons. The number of carbonyl (C=O) groups is 1. The van der Waals surface area contributed by atoms with E-state index in [9.17, 15) is 17.6 Å². The van der Waals surface area contributed by atoms with Gasteiger partial charge in [-0.2, -0.15) is 4.31 Å². The number of rotatable bonds is 8. The molecule has 23 heavy (non-hydrogen) atoms. The molecular formula is C16H25FN2O3S. The van der Waals surface area contributed by atoms with Crippen molar-refractivity contribution >= 4 is 15.9 Å². The zero-order valence-electron chi connectivity index (χ0n) is 14.1. The summed E-state index contributed by atoms with van der Waals surface area (Å²) in [4.78, 5) is 12.2. The van der Waals surface area contributed by atoms with Gasteiger partial charge in [0.05, 0.1) is 10.5 Å². The molecule has 0 atom stereocenters. The molecule has 5 nitrogen and oxygen atoms in total. The lowest BCUT2D eigenvalue weighted by Crippen LogP contribution is -2.35. The maximum Gasteiger partial charge on any atom is 0.254 e. The largest absolute Gasteiger partial charge is 0.349 e. The third kappa shape index (κ3) is 4.51. The minimum Gasteiger partial charge on any atom is -0.349 e. The molecule has 1 amide bonds. The molecule has 0 heterocycles. The lowest BCUT2D eigenvalue weighted by Gasteiger charge is -2.19. The van der Waals surface area contributed by atoms with Gasteiger partial charge in [-0.25, -0.2) is 12.8 Å². The van der Waals surface area contributed by atoms with Gasteiger partial charge >= 0.3 is 0 Å². The number of sulfonamides is 1. The summed E-state index contributed by atoms with van der Waals surface area (Å²) in [5, 5.41) is 2.72. The molecule has 0 aliphatic carbocycles. The number of halogens is 1. The predicted octanol–water partition coefficient (Wildman–Crippen LogP) is 2.77. The Morgan fingerprint density at radius 1 is 1.17 bits per heavy atom. The van der Waals surface area contributed by atoms with E-state index in [4.69, 9.17) is 0 Å². The summed E-state index contributed by atoms with van der Waals surface area (Å²) >= 11 is 0. The van der Waals surface area contributed by atoms with Crippen molar-refractivity contribution in [3.63, 3.8) is 0 Å². The molecule has 1 N–H and O–H groups in total. The van der Waals surface area contributed by atoms with E-state index in [0.29, 0.717) is 13.1 Å². The second kappa shape index (κ2) is 8.40. The van der Waals surface area contributed by atoms with Crippen molar-refractivity contribution in [2.75, 3.05) is 13.1 Å².